The lowest BCUT2D eigenvalue weighted by Crippen LogP contribution is -2.60. The monoisotopic (exact) mass is 454 g/mol. The van der Waals surface area contributed by atoms with Gasteiger partial charge in [-0.2, -0.15) is 10.5 Å². The Kier molecular flexibility index (Phi) is 5.13. The lowest BCUT2D eigenvalue weighted by atomic mass is 9.91. The maximum absolute atomic E-state index is 11.9. The van der Waals surface area contributed by atoms with Crippen molar-refractivity contribution in [3.05, 3.63) is 66.3 Å². The fourth-order valence-electron chi connectivity index (χ4n) is 4.38. The minimum Gasteiger partial charge on any atom is -0.352 e. The van der Waals surface area contributed by atoms with Gasteiger partial charge in [-0.15, -0.1) is 0 Å². The van der Waals surface area contributed by atoms with Gasteiger partial charge in [0.1, 0.15) is 0 Å². The zero-order chi connectivity index (χ0) is 22.3. The summed E-state index contributed by atoms with van der Waals surface area (Å²) in [5.41, 5.74) is 13.7. The van der Waals surface area contributed by atoms with Crippen LogP contribution in [0.5, 0.6) is 0 Å². The first kappa shape index (κ1) is 20.9. The zero-order valence-corrected chi connectivity index (χ0v) is 18.5. The van der Waals surface area contributed by atoms with Gasteiger partial charge in [0.2, 0.25) is 10.0 Å². The Morgan fingerprint density at radius 1 is 1.22 bits per heavy atom. The number of H-pyrrole nitrogens is 1. The number of allylic oxidation sites excluding steroid dienone is 2. The lowest BCUT2D eigenvalue weighted by molar-refractivity contribution is 0.128. The molecular formula is C21H26N8O2S. The van der Waals surface area contributed by atoms with Crippen molar-refractivity contribution in [2.24, 2.45) is 16.6 Å². The van der Waals surface area contributed by atoms with E-state index in [0.29, 0.717) is 31.8 Å². The topological polar surface area (TPSA) is 132 Å². The molecule has 1 aromatic heterocycles. The van der Waals surface area contributed by atoms with Gasteiger partial charge in [0.15, 0.2) is 11.6 Å². The molecule has 1 saturated heterocycles. The van der Waals surface area contributed by atoms with Gasteiger partial charge in [-0.05, 0) is 31.1 Å². The second-order valence-corrected chi connectivity index (χ2v) is 10.2. The first-order chi connectivity index (χ1) is 15.3. The van der Waals surface area contributed by atoms with E-state index in [0.717, 1.165) is 22.5 Å². The second-order valence-electron chi connectivity index (χ2n) is 8.26. The molecule has 11 heteroatoms. The number of aromatic nitrogens is 2. The number of sulfonamides is 1. The number of hydrazine groups is 1. The molecule has 0 saturated carbocycles. The summed E-state index contributed by atoms with van der Waals surface area (Å²) >= 11 is 0. The summed E-state index contributed by atoms with van der Waals surface area (Å²) in [6, 6.07) is 9.87. The van der Waals surface area contributed by atoms with Gasteiger partial charge >= 0.3 is 0 Å². The van der Waals surface area contributed by atoms with Crippen molar-refractivity contribution in [3.63, 3.8) is 0 Å². The smallest absolute Gasteiger partial charge is 0.211 e. The molecule has 0 radical (unpaired) electrons. The number of amidine groups is 1. The van der Waals surface area contributed by atoms with Gasteiger partial charge in [0.25, 0.3) is 0 Å². The van der Waals surface area contributed by atoms with Gasteiger partial charge in [-0.3, -0.25) is 15.8 Å². The highest BCUT2D eigenvalue weighted by Gasteiger charge is 2.45. The molecule has 0 bridgehead atoms. The molecule has 32 heavy (non-hydrogen) atoms. The molecule has 5 N–H and O–H groups in total. The van der Waals surface area contributed by atoms with E-state index >= 15 is 0 Å². The SMILES string of the molecule is CS(=O)(=O)N1CCC(C2(N)N=C3C(Nc4ccccc4)=C(c4cn[nH]c4)C=CN3N2)CC1. The largest absolute Gasteiger partial charge is 0.352 e. The lowest BCUT2D eigenvalue weighted by Gasteiger charge is -2.38. The number of hydrogen-bond acceptors (Lipinski definition) is 8. The summed E-state index contributed by atoms with van der Waals surface area (Å²) in [5.74, 6) is -0.360. The molecule has 0 spiro atoms. The van der Waals surface area contributed by atoms with E-state index in [1.165, 1.54) is 10.6 Å². The number of aromatic amines is 1. The van der Waals surface area contributed by atoms with Gasteiger partial charge in [-0.25, -0.2) is 17.7 Å². The summed E-state index contributed by atoms with van der Waals surface area (Å²) in [6.07, 6.45) is 9.99. The maximum Gasteiger partial charge on any atom is 0.211 e. The van der Waals surface area contributed by atoms with E-state index < -0.39 is 15.8 Å². The van der Waals surface area contributed by atoms with Gasteiger partial charge in [-0.1, -0.05) is 18.2 Å². The number of piperidine rings is 1. The van der Waals surface area contributed by atoms with Crippen LogP contribution in [0.15, 0.2) is 65.7 Å². The zero-order valence-electron chi connectivity index (χ0n) is 17.7. The molecule has 4 heterocycles. The van der Waals surface area contributed by atoms with Gasteiger partial charge in [0, 0.05) is 48.2 Å². The average molecular weight is 455 g/mol. The Bertz CT molecular complexity index is 1180. The fourth-order valence-corrected chi connectivity index (χ4v) is 5.25. The molecule has 1 atom stereocenters. The number of fused-ring (bicyclic) bond motifs is 1. The minimum atomic E-state index is -3.20. The molecule has 3 aliphatic heterocycles. The average Bonchev–Trinajstić information content (AvgIpc) is 3.42. The van der Waals surface area contributed by atoms with E-state index in [4.69, 9.17) is 10.7 Å². The molecule has 0 aliphatic carbocycles. The van der Waals surface area contributed by atoms with Crippen molar-refractivity contribution in [1.29, 1.82) is 0 Å². The highest BCUT2D eigenvalue weighted by molar-refractivity contribution is 7.88. The molecule has 1 fully saturated rings. The van der Waals surface area contributed by atoms with Crippen molar-refractivity contribution < 1.29 is 8.42 Å². The van der Waals surface area contributed by atoms with Crippen molar-refractivity contribution in [2.45, 2.75) is 18.6 Å². The number of para-hydroxylation sites is 1. The molecule has 1 unspecified atom stereocenters. The molecule has 0 amide bonds. The number of aliphatic imine (C=N–C) groups is 1. The van der Waals surface area contributed by atoms with Crippen LogP contribution in [-0.4, -0.2) is 58.9 Å². The molecule has 10 nitrogen and oxygen atoms in total. The Morgan fingerprint density at radius 2 is 1.97 bits per heavy atom. The molecule has 1 aromatic carbocycles. The number of benzene rings is 1. The van der Waals surface area contributed by atoms with Crippen LogP contribution >= 0.6 is 0 Å². The third kappa shape index (κ3) is 3.84. The second kappa shape index (κ2) is 7.85. The molecular weight excluding hydrogens is 428 g/mol. The molecule has 2 aromatic rings. The number of nitrogens with one attached hydrogen (secondary N) is 3. The Morgan fingerprint density at radius 3 is 2.62 bits per heavy atom. The van der Waals surface area contributed by atoms with Crippen molar-refractivity contribution in [3.8, 4) is 0 Å². The van der Waals surface area contributed by atoms with E-state index in [-0.39, 0.29) is 5.92 Å². The van der Waals surface area contributed by atoms with Crippen LogP contribution in [0.25, 0.3) is 5.57 Å². The summed E-state index contributed by atoms with van der Waals surface area (Å²) in [5, 5.41) is 12.3. The van der Waals surface area contributed by atoms with Crippen LogP contribution in [0, 0.1) is 5.92 Å². The number of anilines is 1. The van der Waals surface area contributed by atoms with Crippen LogP contribution in [0.4, 0.5) is 5.69 Å². The molecule has 168 valence electrons. The maximum atomic E-state index is 11.9. The van der Waals surface area contributed by atoms with Crippen LogP contribution in [0.3, 0.4) is 0 Å². The fraction of sp³-hybridized carbons (Fsp3) is 0.333. The number of nitrogens with zero attached hydrogens (tertiary/aromatic N) is 4. The summed E-state index contributed by atoms with van der Waals surface area (Å²) < 4.78 is 25.3. The third-order valence-electron chi connectivity index (χ3n) is 6.10. The van der Waals surface area contributed by atoms with E-state index in [2.05, 4.69) is 20.9 Å². The summed E-state index contributed by atoms with van der Waals surface area (Å²) in [7, 11) is -3.20. The summed E-state index contributed by atoms with van der Waals surface area (Å²) in [6.45, 7) is 0.881. The molecule has 3 aliphatic rings. The third-order valence-corrected chi connectivity index (χ3v) is 7.40. The van der Waals surface area contributed by atoms with Gasteiger partial charge in [0.05, 0.1) is 18.1 Å². The highest BCUT2D eigenvalue weighted by atomic mass is 32.2. The van der Waals surface area contributed by atoms with Crippen molar-refractivity contribution in [1.82, 2.24) is 24.9 Å². The van der Waals surface area contributed by atoms with Crippen LogP contribution in [-0.2, 0) is 10.0 Å². The first-order valence-electron chi connectivity index (χ1n) is 10.5. The van der Waals surface area contributed by atoms with Crippen LogP contribution < -0.4 is 16.5 Å². The Balaban J connectivity index is 1.48. The highest BCUT2D eigenvalue weighted by Crippen LogP contribution is 2.35. The normalized spacial score (nSPS) is 24.6. The molecule has 5 rings (SSSR count). The van der Waals surface area contributed by atoms with E-state index in [1.54, 1.807) is 6.20 Å². The number of hydrogen-bond donors (Lipinski definition) is 4. The Labute approximate surface area is 186 Å². The quantitative estimate of drug-likeness (QED) is 0.535. The minimum absolute atomic E-state index is 0.0117. The van der Waals surface area contributed by atoms with E-state index in [9.17, 15) is 8.42 Å². The number of nitrogens with two attached hydrogens (primary N) is 1. The first-order valence-corrected chi connectivity index (χ1v) is 12.3. The van der Waals surface area contributed by atoms with Crippen molar-refractivity contribution >= 4 is 27.1 Å². The van der Waals surface area contributed by atoms with Crippen molar-refractivity contribution in [2.75, 3.05) is 24.7 Å². The van der Waals surface area contributed by atoms with Crippen LogP contribution in [0.2, 0.25) is 0 Å². The number of rotatable bonds is 5. The predicted octanol–water partition coefficient (Wildman–Crippen LogP) is 1.26. The standard InChI is InChI=1S/C21H26N8O2S/c1-32(30,31)28-10-7-16(8-11-28)21(22)26-20-19(25-17-5-3-2-4-6-17)18(9-12-29(20)27-21)15-13-23-24-14-15/h2-6,9,12-14,16,25,27H,7-8,10-11,22H2,1H3,(H,23,24). The predicted molar refractivity (Wildman–Crippen MR) is 123 cm³/mol. The van der Waals surface area contributed by atoms with Crippen LogP contribution in [0.1, 0.15) is 18.4 Å². The van der Waals surface area contributed by atoms with E-state index in [1.807, 2.05) is 53.8 Å². The Hall–Kier alpha value is -2.99. The van der Waals surface area contributed by atoms with Gasteiger partial charge < -0.3 is 5.32 Å². The summed E-state index contributed by atoms with van der Waals surface area (Å²) in [4.78, 5) is 4.93.